The van der Waals surface area contributed by atoms with Crippen molar-refractivity contribution < 1.29 is 4.79 Å². The molecule has 1 N–H and O–H groups in total. The van der Waals surface area contributed by atoms with Crippen LogP contribution in [0.15, 0.2) is 53.4 Å². The first-order chi connectivity index (χ1) is 13.2. The van der Waals surface area contributed by atoms with E-state index in [0.717, 1.165) is 44.6 Å². The van der Waals surface area contributed by atoms with Crippen LogP contribution in [0.3, 0.4) is 0 Å². The molecular formula is C22H27N3OS. The van der Waals surface area contributed by atoms with Crippen LogP contribution in [0.2, 0.25) is 0 Å². The van der Waals surface area contributed by atoms with E-state index >= 15 is 0 Å². The predicted octanol–water partition coefficient (Wildman–Crippen LogP) is 3.40. The average molecular weight is 382 g/mol. The fourth-order valence-corrected chi connectivity index (χ4v) is 4.53. The SMILES string of the molecule is CSc1ccc(CNC(=O)N2CCN(C3Cc4ccccc4C3)CC2)cc1. The maximum Gasteiger partial charge on any atom is 0.317 e. The number of carbonyl (C=O) groups excluding carboxylic acids is 1. The largest absolute Gasteiger partial charge is 0.334 e. The van der Waals surface area contributed by atoms with Gasteiger partial charge < -0.3 is 10.2 Å². The third kappa shape index (κ3) is 4.30. The highest BCUT2D eigenvalue weighted by Gasteiger charge is 2.30. The summed E-state index contributed by atoms with van der Waals surface area (Å²) in [5, 5.41) is 3.07. The van der Waals surface area contributed by atoms with Gasteiger partial charge in [-0.2, -0.15) is 0 Å². The molecule has 27 heavy (non-hydrogen) atoms. The summed E-state index contributed by atoms with van der Waals surface area (Å²) in [7, 11) is 0. The topological polar surface area (TPSA) is 35.6 Å². The molecule has 0 atom stereocenters. The first kappa shape index (κ1) is 18.4. The molecule has 142 valence electrons. The number of rotatable bonds is 4. The molecule has 5 heteroatoms. The summed E-state index contributed by atoms with van der Waals surface area (Å²) in [5.74, 6) is 0. The van der Waals surface area contributed by atoms with Gasteiger partial charge >= 0.3 is 6.03 Å². The number of urea groups is 1. The van der Waals surface area contributed by atoms with Crippen LogP contribution >= 0.6 is 11.8 Å². The molecule has 1 heterocycles. The summed E-state index contributed by atoms with van der Waals surface area (Å²) in [6.07, 6.45) is 4.36. The van der Waals surface area contributed by atoms with Crippen LogP contribution in [0.4, 0.5) is 4.79 Å². The number of nitrogens with one attached hydrogen (secondary N) is 1. The van der Waals surface area contributed by atoms with Gasteiger partial charge in [0.05, 0.1) is 0 Å². The van der Waals surface area contributed by atoms with Crippen molar-refractivity contribution in [3.63, 3.8) is 0 Å². The Hall–Kier alpha value is -1.98. The van der Waals surface area contributed by atoms with Gasteiger partial charge in [-0.25, -0.2) is 4.79 Å². The fraction of sp³-hybridized carbons (Fsp3) is 0.409. The lowest BCUT2D eigenvalue weighted by molar-refractivity contribution is 0.111. The van der Waals surface area contributed by atoms with Crippen LogP contribution in [0.1, 0.15) is 16.7 Å². The van der Waals surface area contributed by atoms with Gasteiger partial charge in [-0.3, -0.25) is 4.90 Å². The number of hydrogen-bond acceptors (Lipinski definition) is 3. The molecule has 0 unspecified atom stereocenters. The lowest BCUT2D eigenvalue weighted by Crippen LogP contribution is -2.54. The summed E-state index contributed by atoms with van der Waals surface area (Å²) < 4.78 is 0. The van der Waals surface area contributed by atoms with Crippen LogP contribution in [0.25, 0.3) is 0 Å². The van der Waals surface area contributed by atoms with Crippen LogP contribution in [0.5, 0.6) is 0 Å². The van der Waals surface area contributed by atoms with Crippen molar-refractivity contribution >= 4 is 17.8 Å². The molecule has 2 aromatic carbocycles. The minimum Gasteiger partial charge on any atom is -0.334 e. The maximum atomic E-state index is 12.5. The molecule has 1 aliphatic carbocycles. The molecule has 4 rings (SSSR count). The van der Waals surface area contributed by atoms with Crippen molar-refractivity contribution in [2.24, 2.45) is 0 Å². The Morgan fingerprint density at radius 1 is 1.00 bits per heavy atom. The van der Waals surface area contributed by atoms with E-state index in [1.165, 1.54) is 16.0 Å². The molecule has 2 aromatic rings. The minimum absolute atomic E-state index is 0.0540. The van der Waals surface area contributed by atoms with E-state index in [9.17, 15) is 4.79 Å². The van der Waals surface area contributed by atoms with Gasteiger partial charge in [0.15, 0.2) is 0 Å². The number of hydrogen-bond donors (Lipinski definition) is 1. The minimum atomic E-state index is 0.0540. The Morgan fingerprint density at radius 3 is 2.22 bits per heavy atom. The Bertz CT molecular complexity index is 759. The first-order valence-corrected chi connectivity index (χ1v) is 10.9. The third-order valence-corrected chi connectivity index (χ3v) is 6.49. The zero-order valence-electron chi connectivity index (χ0n) is 15.9. The standard InChI is InChI=1S/C22H27N3OS/c1-27-21-8-6-17(7-9-21)16-23-22(26)25-12-10-24(11-13-25)20-14-18-4-2-3-5-19(18)15-20/h2-9,20H,10-16H2,1H3,(H,23,26). The molecule has 0 bridgehead atoms. The number of thioether (sulfide) groups is 1. The highest BCUT2D eigenvalue weighted by molar-refractivity contribution is 7.98. The van der Waals surface area contributed by atoms with Crippen LogP contribution < -0.4 is 5.32 Å². The molecular weight excluding hydrogens is 354 g/mol. The molecule has 4 nitrogen and oxygen atoms in total. The fourth-order valence-electron chi connectivity index (χ4n) is 4.12. The Labute approximate surface area is 165 Å². The second kappa shape index (κ2) is 8.36. The van der Waals surface area contributed by atoms with Crippen molar-refractivity contribution in [2.75, 3.05) is 32.4 Å². The monoisotopic (exact) mass is 381 g/mol. The molecule has 0 radical (unpaired) electrons. The second-order valence-electron chi connectivity index (χ2n) is 7.36. The third-order valence-electron chi connectivity index (χ3n) is 5.75. The molecule has 1 fully saturated rings. The lowest BCUT2D eigenvalue weighted by atomic mass is 10.1. The van der Waals surface area contributed by atoms with Crippen molar-refractivity contribution in [1.29, 1.82) is 0 Å². The van der Waals surface area contributed by atoms with Gasteiger partial charge in [0.2, 0.25) is 0 Å². The lowest BCUT2D eigenvalue weighted by Gasteiger charge is -2.38. The van der Waals surface area contributed by atoms with Crippen molar-refractivity contribution in [3.05, 3.63) is 65.2 Å². The van der Waals surface area contributed by atoms with Gasteiger partial charge in [-0.05, 0) is 47.9 Å². The van der Waals surface area contributed by atoms with Gasteiger partial charge in [-0.15, -0.1) is 11.8 Å². The van der Waals surface area contributed by atoms with E-state index in [1.807, 2.05) is 4.90 Å². The predicted molar refractivity (Wildman–Crippen MR) is 111 cm³/mol. The Kier molecular flexibility index (Phi) is 5.69. The molecule has 1 aliphatic heterocycles. The molecule has 0 aromatic heterocycles. The van der Waals surface area contributed by atoms with E-state index in [2.05, 4.69) is 65.0 Å². The Morgan fingerprint density at radius 2 is 1.63 bits per heavy atom. The van der Waals surface area contributed by atoms with Crippen LogP contribution in [-0.4, -0.2) is 54.3 Å². The van der Waals surface area contributed by atoms with E-state index in [-0.39, 0.29) is 6.03 Å². The number of nitrogens with zero attached hydrogens (tertiary/aromatic N) is 2. The van der Waals surface area contributed by atoms with Gasteiger partial charge in [0.25, 0.3) is 0 Å². The zero-order valence-corrected chi connectivity index (χ0v) is 16.7. The average Bonchev–Trinajstić information content (AvgIpc) is 3.17. The first-order valence-electron chi connectivity index (χ1n) is 9.69. The molecule has 0 spiro atoms. The number of carbonyl (C=O) groups is 1. The quantitative estimate of drug-likeness (QED) is 0.825. The van der Waals surface area contributed by atoms with Gasteiger partial charge in [0, 0.05) is 43.7 Å². The van der Waals surface area contributed by atoms with E-state index in [4.69, 9.17) is 0 Å². The zero-order chi connectivity index (χ0) is 18.6. The van der Waals surface area contributed by atoms with Crippen LogP contribution in [0, 0.1) is 0 Å². The summed E-state index contributed by atoms with van der Waals surface area (Å²) >= 11 is 1.73. The molecule has 2 amide bonds. The molecule has 0 saturated carbocycles. The highest BCUT2D eigenvalue weighted by Crippen LogP contribution is 2.26. The van der Waals surface area contributed by atoms with Crippen LogP contribution in [-0.2, 0) is 19.4 Å². The molecule has 2 aliphatic rings. The second-order valence-corrected chi connectivity index (χ2v) is 8.24. The Balaban J connectivity index is 1.23. The van der Waals surface area contributed by atoms with E-state index in [0.29, 0.717) is 12.6 Å². The number of benzene rings is 2. The van der Waals surface area contributed by atoms with Crippen molar-refractivity contribution in [3.8, 4) is 0 Å². The summed E-state index contributed by atoms with van der Waals surface area (Å²) in [6, 6.07) is 17.8. The van der Waals surface area contributed by atoms with Crippen molar-refractivity contribution in [1.82, 2.24) is 15.1 Å². The van der Waals surface area contributed by atoms with Gasteiger partial charge in [0.1, 0.15) is 0 Å². The highest BCUT2D eigenvalue weighted by atomic mass is 32.2. The van der Waals surface area contributed by atoms with Crippen molar-refractivity contribution in [2.45, 2.75) is 30.3 Å². The smallest absolute Gasteiger partial charge is 0.317 e. The summed E-state index contributed by atoms with van der Waals surface area (Å²) in [6.45, 7) is 4.14. The van der Waals surface area contributed by atoms with E-state index < -0.39 is 0 Å². The van der Waals surface area contributed by atoms with E-state index in [1.54, 1.807) is 11.8 Å². The summed E-state index contributed by atoms with van der Waals surface area (Å²) in [4.78, 5) is 18.3. The number of amides is 2. The van der Waals surface area contributed by atoms with Gasteiger partial charge in [-0.1, -0.05) is 36.4 Å². The summed E-state index contributed by atoms with van der Waals surface area (Å²) in [5.41, 5.74) is 4.13. The number of fused-ring (bicyclic) bond motifs is 1. The molecule has 1 saturated heterocycles. The number of piperazine rings is 1. The maximum absolute atomic E-state index is 12.5. The normalized spacial score (nSPS) is 17.7.